The number of aliphatic hydroxyl groups excluding tert-OH is 1. The molecule has 0 aliphatic rings. The standard InChI is InChI=1S/C9H13NO/c1-7-3-2-4-8(5-7)9(10)6-11/h2-5,9,11H,6,10H2,1H3. The lowest BCUT2D eigenvalue weighted by molar-refractivity contribution is 0.268. The van der Waals surface area contributed by atoms with Crippen molar-refractivity contribution in [1.29, 1.82) is 0 Å². The van der Waals surface area contributed by atoms with Gasteiger partial charge in [-0.2, -0.15) is 0 Å². The van der Waals surface area contributed by atoms with Gasteiger partial charge in [0, 0.05) is 0 Å². The first-order valence-corrected chi connectivity index (χ1v) is 3.67. The molecule has 0 spiro atoms. The minimum atomic E-state index is -0.241. The molecule has 0 aromatic heterocycles. The van der Waals surface area contributed by atoms with Gasteiger partial charge in [0.2, 0.25) is 0 Å². The predicted octanol–water partition coefficient (Wildman–Crippen LogP) is 0.987. The van der Waals surface area contributed by atoms with Crippen molar-refractivity contribution in [3.63, 3.8) is 0 Å². The number of benzene rings is 1. The highest BCUT2D eigenvalue weighted by Gasteiger charge is 2.02. The first kappa shape index (κ1) is 8.24. The Morgan fingerprint density at radius 3 is 2.82 bits per heavy atom. The third-order valence-electron chi connectivity index (χ3n) is 1.67. The summed E-state index contributed by atoms with van der Waals surface area (Å²) in [6, 6.07) is 7.62. The fourth-order valence-corrected chi connectivity index (χ4v) is 1.01. The lowest BCUT2D eigenvalue weighted by Crippen LogP contribution is -2.14. The van der Waals surface area contributed by atoms with Gasteiger partial charge >= 0.3 is 0 Å². The average Bonchev–Trinajstić information content (AvgIpc) is 2.03. The van der Waals surface area contributed by atoms with Crippen molar-refractivity contribution in [2.75, 3.05) is 6.61 Å². The highest BCUT2D eigenvalue weighted by molar-refractivity contribution is 5.24. The van der Waals surface area contributed by atoms with Gasteiger partial charge in [-0.15, -0.1) is 0 Å². The maximum Gasteiger partial charge on any atom is 0.0624 e. The molecule has 0 fully saturated rings. The molecule has 0 saturated heterocycles. The molecule has 1 unspecified atom stereocenters. The van der Waals surface area contributed by atoms with Gasteiger partial charge in [0.05, 0.1) is 12.6 Å². The van der Waals surface area contributed by atoms with E-state index in [4.69, 9.17) is 10.8 Å². The molecule has 0 amide bonds. The van der Waals surface area contributed by atoms with Gasteiger partial charge in [-0.3, -0.25) is 0 Å². The number of aryl methyl sites for hydroxylation is 1. The molecule has 0 saturated carbocycles. The van der Waals surface area contributed by atoms with E-state index in [9.17, 15) is 0 Å². The van der Waals surface area contributed by atoms with Gasteiger partial charge in [-0.1, -0.05) is 29.8 Å². The summed E-state index contributed by atoms with van der Waals surface area (Å²) in [6.07, 6.45) is 0. The zero-order chi connectivity index (χ0) is 8.27. The largest absolute Gasteiger partial charge is 0.394 e. The van der Waals surface area contributed by atoms with Crippen molar-refractivity contribution >= 4 is 0 Å². The maximum absolute atomic E-state index is 8.75. The van der Waals surface area contributed by atoms with Crippen LogP contribution in [0.15, 0.2) is 24.3 Å². The molecule has 11 heavy (non-hydrogen) atoms. The normalized spacial score (nSPS) is 13.0. The quantitative estimate of drug-likeness (QED) is 0.662. The Labute approximate surface area is 66.7 Å². The minimum absolute atomic E-state index is 0.00343. The molecule has 1 rings (SSSR count). The molecule has 0 aliphatic carbocycles. The molecule has 3 N–H and O–H groups in total. The summed E-state index contributed by atoms with van der Waals surface area (Å²) in [7, 11) is 0. The average molecular weight is 151 g/mol. The van der Waals surface area contributed by atoms with E-state index < -0.39 is 0 Å². The Balaban J connectivity index is 2.86. The summed E-state index contributed by atoms with van der Waals surface area (Å²) < 4.78 is 0. The van der Waals surface area contributed by atoms with Crippen LogP contribution in [0.5, 0.6) is 0 Å². The van der Waals surface area contributed by atoms with Crippen molar-refractivity contribution in [1.82, 2.24) is 0 Å². The first-order chi connectivity index (χ1) is 5.24. The number of rotatable bonds is 2. The van der Waals surface area contributed by atoms with E-state index in [0.717, 1.165) is 5.56 Å². The van der Waals surface area contributed by atoms with Crippen LogP contribution in [0, 0.1) is 6.92 Å². The van der Waals surface area contributed by atoms with E-state index in [0.29, 0.717) is 0 Å². The van der Waals surface area contributed by atoms with Gasteiger partial charge in [0.15, 0.2) is 0 Å². The summed E-state index contributed by atoms with van der Waals surface area (Å²) in [6.45, 7) is 2.01. The molecular weight excluding hydrogens is 138 g/mol. The van der Waals surface area contributed by atoms with Crippen LogP contribution in [0.2, 0.25) is 0 Å². The van der Waals surface area contributed by atoms with Crippen LogP contribution in [0.25, 0.3) is 0 Å². The number of aliphatic hydroxyl groups is 1. The second-order valence-electron chi connectivity index (χ2n) is 2.70. The number of hydrogen-bond donors (Lipinski definition) is 2. The van der Waals surface area contributed by atoms with Gasteiger partial charge in [-0.05, 0) is 12.5 Å². The van der Waals surface area contributed by atoms with Crippen LogP contribution < -0.4 is 5.73 Å². The van der Waals surface area contributed by atoms with Crippen LogP contribution in [0.4, 0.5) is 0 Å². The Bertz CT molecular complexity index is 235. The summed E-state index contributed by atoms with van der Waals surface area (Å²) in [5.41, 5.74) is 7.78. The van der Waals surface area contributed by atoms with E-state index in [1.165, 1.54) is 5.56 Å². The maximum atomic E-state index is 8.75. The van der Waals surface area contributed by atoms with Crippen molar-refractivity contribution < 1.29 is 5.11 Å². The van der Waals surface area contributed by atoms with Crippen LogP contribution in [0.3, 0.4) is 0 Å². The SMILES string of the molecule is Cc1cccc(C(N)CO)c1. The Hall–Kier alpha value is -0.860. The molecule has 1 aromatic carbocycles. The Morgan fingerprint density at radius 1 is 1.55 bits per heavy atom. The molecule has 2 heteroatoms. The molecule has 0 bridgehead atoms. The van der Waals surface area contributed by atoms with E-state index in [-0.39, 0.29) is 12.6 Å². The third-order valence-corrected chi connectivity index (χ3v) is 1.67. The lowest BCUT2D eigenvalue weighted by atomic mass is 10.1. The van der Waals surface area contributed by atoms with E-state index in [2.05, 4.69) is 0 Å². The topological polar surface area (TPSA) is 46.2 Å². The van der Waals surface area contributed by atoms with Crippen LogP contribution in [-0.4, -0.2) is 11.7 Å². The first-order valence-electron chi connectivity index (χ1n) is 3.67. The lowest BCUT2D eigenvalue weighted by Gasteiger charge is -2.08. The van der Waals surface area contributed by atoms with Gasteiger partial charge < -0.3 is 10.8 Å². The van der Waals surface area contributed by atoms with Crippen LogP contribution in [0.1, 0.15) is 17.2 Å². The van der Waals surface area contributed by atoms with Crippen LogP contribution in [-0.2, 0) is 0 Å². The predicted molar refractivity (Wildman–Crippen MR) is 45.2 cm³/mol. The summed E-state index contributed by atoms with van der Waals surface area (Å²) in [5.74, 6) is 0. The number of nitrogens with two attached hydrogens (primary N) is 1. The molecule has 0 radical (unpaired) electrons. The van der Waals surface area contributed by atoms with Crippen LogP contribution >= 0.6 is 0 Å². The highest BCUT2D eigenvalue weighted by Crippen LogP contribution is 2.10. The summed E-state index contributed by atoms with van der Waals surface area (Å²) >= 11 is 0. The van der Waals surface area contributed by atoms with Gasteiger partial charge in [-0.25, -0.2) is 0 Å². The smallest absolute Gasteiger partial charge is 0.0624 e. The highest BCUT2D eigenvalue weighted by atomic mass is 16.3. The van der Waals surface area contributed by atoms with E-state index in [1.807, 2.05) is 31.2 Å². The van der Waals surface area contributed by atoms with Crippen molar-refractivity contribution in [3.8, 4) is 0 Å². The zero-order valence-corrected chi connectivity index (χ0v) is 6.62. The summed E-state index contributed by atoms with van der Waals surface area (Å²) in [5, 5.41) is 8.75. The molecule has 1 aromatic rings. The Morgan fingerprint density at radius 2 is 2.27 bits per heavy atom. The van der Waals surface area contributed by atoms with Crippen molar-refractivity contribution in [2.24, 2.45) is 5.73 Å². The Kier molecular flexibility index (Phi) is 2.63. The summed E-state index contributed by atoms with van der Waals surface area (Å²) in [4.78, 5) is 0. The van der Waals surface area contributed by atoms with Crippen molar-refractivity contribution in [2.45, 2.75) is 13.0 Å². The second-order valence-corrected chi connectivity index (χ2v) is 2.70. The molecule has 2 nitrogen and oxygen atoms in total. The molecule has 60 valence electrons. The molecular formula is C9H13NO. The van der Waals surface area contributed by atoms with E-state index >= 15 is 0 Å². The van der Waals surface area contributed by atoms with E-state index in [1.54, 1.807) is 0 Å². The van der Waals surface area contributed by atoms with Gasteiger partial charge in [0.1, 0.15) is 0 Å². The van der Waals surface area contributed by atoms with Gasteiger partial charge in [0.25, 0.3) is 0 Å². The molecule has 0 aliphatic heterocycles. The molecule has 0 heterocycles. The second kappa shape index (κ2) is 3.51. The number of hydrogen-bond acceptors (Lipinski definition) is 2. The zero-order valence-electron chi connectivity index (χ0n) is 6.62. The fraction of sp³-hybridized carbons (Fsp3) is 0.333. The minimum Gasteiger partial charge on any atom is -0.394 e. The van der Waals surface area contributed by atoms with Crippen molar-refractivity contribution in [3.05, 3.63) is 35.4 Å². The monoisotopic (exact) mass is 151 g/mol. The molecule has 1 atom stereocenters. The third kappa shape index (κ3) is 2.03. The fourth-order valence-electron chi connectivity index (χ4n) is 1.01.